The van der Waals surface area contributed by atoms with Gasteiger partial charge >= 0.3 is 6.03 Å². The van der Waals surface area contributed by atoms with Crippen LogP contribution < -0.4 is 15.4 Å². The van der Waals surface area contributed by atoms with Gasteiger partial charge in [-0.05, 0) is 54.4 Å². The van der Waals surface area contributed by atoms with E-state index in [2.05, 4.69) is 15.6 Å². The van der Waals surface area contributed by atoms with Gasteiger partial charge in [0.05, 0.1) is 18.3 Å². The molecule has 0 spiro atoms. The maximum Gasteiger partial charge on any atom is 0.319 e. The molecule has 0 aliphatic rings. The lowest BCUT2D eigenvalue weighted by molar-refractivity contribution is 0.252. The predicted molar refractivity (Wildman–Crippen MR) is 121 cm³/mol. The van der Waals surface area contributed by atoms with Crippen LogP contribution in [0.3, 0.4) is 0 Å². The SMILES string of the molecule is COc1cc(-c2ccc(F)cc2)nc2ccc(NC(=O)NCCc3ccccc3)cc12. The molecule has 0 unspecified atom stereocenters. The molecule has 0 bridgehead atoms. The molecule has 0 atom stereocenters. The van der Waals surface area contributed by atoms with Crippen molar-refractivity contribution in [1.82, 2.24) is 10.3 Å². The summed E-state index contributed by atoms with van der Waals surface area (Å²) in [6, 6.07) is 23.1. The van der Waals surface area contributed by atoms with Gasteiger partial charge in [0.15, 0.2) is 0 Å². The second-order valence-electron chi connectivity index (χ2n) is 7.07. The number of benzene rings is 3. The molecule has 1 aromatic heterocycles. The minimum atomic E-state index is -0.297. The number of anilines is 1. The largest absolute Gasteiger partial charge is 0.496 e. The number of nitrogens with one attached hydrogen (secondary N) is 2. The number of hydrogen-bond donors (Lipinski definition) is 2. The smallest absolute Gasteiger partial charge is 0.319 e. The lowest BCUT2D eigenvalue weighted by Gasteiger charge is -2.12. The zero-order valence-corrected chi connectivity index (χ0v) is 17.1. The highest BCUT2D eigenvalue weighted by atomic mass is 19.1. The summed E-state index contributed by atoms with van der Waals surface area (Å²) in [5.74, 6) is 0.326. The molecule has 5 nitrogen and oxygen atoms in total. The molecule has 0 aliphatic carbocycles. The van der Waals surface area contributed by atoms with E-state index in [0.29, 0.717) is 29.2 Å². The molecule has 4 rings (SSSR count). The standard InChI is InChI=1S/C25H22FN3O2/c1-31-24-16-23(18-7-9-19(26)10-8-18)29-22-12-11-20(15-21(22)24)28-25(30)27-14-13-17-5-3-2-4-6-17/h2-12,15-16H,13-14H2,1H3,(H2,27,28,30). The van der Waals surface area contributed by atoms with E-state index in [4.69, 9.17) is 4.74 Å². The summed E-state index contributed by atoms with van der Waals surface area (Å²) in [5.41, 5.74) is 4.00. The van der Waals surface area contributed by atoms with Gasteiger partial charge in [0.1, 0.15) is 11.6 Å². The normalized spacial score (nSPS) is 10.6. The summed E-state index contributed by atoms with van der Waals surface area (Å²) in [6.45, 7) is 0.537. The Labute approximate surface area is 179 Å². The van der Waals surface area contributed by atoms with E-state index in [9.17, 15) is 9.18 Å². The quantitative estimate of drug-likeness (QED) is 0.442. The van der Waals surface area contributed by atoms with Crippen molar-refractivity contribution in [2.45, 2.75) is 6.42 Å². The van der Waals surface area contributed by atoms with Crippen molar-refractivity contribution >= 4 is 22.6 Å². The first kappa shape index (κ1) is 20.3. The number of methoxy groups -OCH3 is 1. The summed E-state index contributed by atoms with van der Waals surface area (Å²) in [5, 5.41) is 6.49. The zero-order valence-electron chi connectivity index (χ0n) is 17.1. The van der Waals surface area contributed by atoms with Crippen LogP contribution in [0.15, 0.2) is 78.9 Å². The molecule has 31 heavy (non-hydrogen) atoms. The number of pyridine rings is 1. The van der Waals surface area contributed by atoms with Crippen LogP contribution in [0, 0.1) is 5.82 Å². The molecule has 6 heteroatoms. The van der Waals surface area contributed by atoms with Crippen LogP contribution in [0.4, 0.5) is 14.9 Å². The van der Waals surface area contributed by atoms with Crippen molar-refractivity contribution in [2.75, 3.05) is 19.0 Å². The lowest BCUT2D eigenvalue weighted by Crippen LogP contribution is -2.30. The molecule has 4 aromatic rings. The number of rotatable bonds is 6. The van der Waals surface area contributed by atoms with Gasteiger partial charge in [0.2, 0.25) is 0 Å². The first-order chi connectivity index (χ1) is 15.1. The Morgan fingerprint density at radius 3 is 2.52 bits per heavy atom. The van der Waals surface area contributed by atoms with Crippen molar-refractivity contribution in [3.8, 4) is 17.0 Å². The average molecular weight is 415 g/mol. The van der Waals surface area contributed by atoms with Crippen molar-refractivity contribution in [3.63, 3.8) is 0 Å². The fourth-order valence-electron chi connectivity index (χ4n) is 3.35. The number of urea groups is 1. The minimum absolute atomic E-state index is 0.273. The third kappa shape index (κ3) is 4.98. The monoisotopic (exact) mass is 415 g/mol. The number of halogens is 1. The molecular formula is C25H22FN3O2. The Morgan fingerprint density at radius 2 is 1.77 bits per heavy atom. The van der Waals surface area contributed by atoms with E-state index in [1.54, 1.807) is 31.4 Å². The van der Waals surface area contributed by atoms with Gasteiger partial charge in [-0.3, -0.25) is 0 Å². The van der Waals surface area contributed by atoms with Gasteiger partial charge in [0.25, 0.3) is 0 Å². The van der Waals surface area contributed by atoms with Gasteiger partial charge in [-0.25, -0.2) is 14.2 Å². The van der Waals surface area contributed by atoms with Crippen LogP contribution in [-0.4, -0.2) is 24.7 Å². The predicted octanol–water partition coefficient (Wildman–Crippen LogP) is 5.41. The minimum Gasteiger partial charge on any atom is -0.496 e. The molecular weight excluding hydrogens is 393 g/mol. The molecule has 0 fully saturated rings. The summed E-state index contributed by atoms with van der Waals surface area (Å²) in [4.78, 5) is 16.9. The van der Waals surface area contributed by atoms with Crippen molar-refractivity contribution in [1.29, 1.82) is 0 Å². The highest BCUT2D eigenvalue weighted by molar-refractivity contribution is 5.95. The Hall–Kier alpha value is -3.93. The van der Waals surface area contributed by atoms with E-state index in [1.165, 1.54) is 17.7 Å². The topological polar surface area (TPSA) is 63.2 Å². The Bertz CT molecular complexity index is 1190. The zero-order chi connectivity index (χ0) is 21.6. The Balaban J connectivity index is 1.48. The van der Waals surface area contributed by atoms with Crippen LogP contribution in [0.2, 0.25) is 0 Å². The van der Waals surface area contributed by atoms with Gasteiger partial charge in [0, 0.05) is 29.2 Å². The average Bonchev–Trinajstić information content (AvgIpc) is 2.79. The lowest BCUT2D eigenvalue weighted by atomic mass is 10.1. The van der Waals surface area contributed by atoms with Crippen molar-refractivity contribution in [2.24, 2.45) is 0 Å². The van der Waals surface area contributed by atoms with Crippen LogP contribution in [-0.2, 0) is 6.42 Å². The number of amides is 2. The molecule has 0 saturated heterocycles. The molecule has 156 valence electrons. The highest BCUT2D eigenvalue weighted by Crippen LogP contribution is 2.31. The molecule has 3 aromatic carbocycles. The third-order valence-electron chi connectivity index (χ3n) is 4.93. The van der Waals surface area contributed by atoms with Gasteiger partial charge in [-0.15, -0.1) is 0 Å². The maximum absolute atomic E-state index is 13.2. The third-order valence-corrected chi connectivity index (χ3v) is 4.93. The second kappa shape index (κ2) is 9.26. The molecule has 0 radical (unpaired) electrons. The first-order valence-corrected chi connectivity index (χ1v) is 9.96. The van der Waals surface area contributed by atoms with Crippen molar-refractivity contribution in [3.05, 3.63) is 90.2 Å². The number of carbonyl (C=O) groups is 1. The fraction of sp³-hybridized carbons (Fsp3) is 0.120. The molecule has 1 heterocycles. The maximum atomic E-state index is 13.2. The fourth-order valence-corrected chi connectivity index (χ4v) is 3.35. The number of hydrogen-bond acceptors (Lipinski definition) is 3. The Morgan fingerprint density at radius 1 is 1.00 bits per heavy atom. The van der Waals surface area contributed by atoms with E-state index in [-0.39, 0.29) is 11.8 Å². The highest BCUT2D eigenvalue weighted by Gasteiger charge is 2.10. The molecule has 2 amide bonds. The van der Waals surface area contributed by atoms with Crippen LogP contribution in [0.1, 0.15) is 5.56 Å². The number of nitrogens with zero attached hydrogens (tertiary/aromatic N) is 1. The van der Waals surface area contributed by atoms with E-state index in [1.807, 2.05) is 42.5 Å². The summed E-state index contributed by atoms with van der Waals surface area (Å²) >= 11 is 0. The summed E-state index contributed by atoms with van der Waals surface area (Å²) in [6.07, 6.45) is 0.760. The van der Waals surface area contributed by atoms with Crippen LogP contribution in [0.25, 0.3) is 22.2 Å². The number of aromatic nitrogens is 1. The van der Waals surface area contributed by atoms with E-state index >= 15 is 0 Å². The van der Waals surface area contributed by atoms with Gasteiger partial charge < -0.3 is 15.4 Å². The first-order valence-electron chi connectivity index (χ1n) is 9.96. The molecule has 0 aliphatic heterocycles. The van der Waals surface area contributed by atoms with Crippen LogP contribution >= 0.6 is 0 Å². The number of carbonyl (C=O) groups excluding carboxylic acids is 1. The summed E-state index contributed by atoms with van der Waals surface area (Å²) in [7, 11) is 1.58. The van der Waals surface area contributed by atoms with E-state index in [0.717, 1.165) is 17.4 Å². The Kier molecular flexibility index (Phi) is 6.08. The van der Waals surface area contributed by atoms with Gasteiger partial charge in [-0.2, -0.15) is 0 Å². The molecule has 2 N–H and O–H groups in total. The van der Waals surface area contributed by atoms with E-state index < -0.39 is 0 Å². The number of ether oxygens (including phenoxy) is 1. The van der Waals surface area contributed by atoms with Crippen LogP contribution in [0.5, 0.6) is 5.75 Å². The molecule has 0 saturated carbocycles. The summed E-state index contributed by atoms with van der Waals surface area (Å²) < 4.78 is 18.8. The number of fused-ring (bicyclic) bond motifs is 1. The van der Waals surface area contributed by atoms with Gasteiger partial charge in [-0.1, -0.05) is 30.3 Å². The second-order valence-corrected chi connectivity index (χ2v) is 7.07. The van der Waals surface area contributed by atoms with Crippen molar-refractivity contribution < 1.29 is 13.9 Å².